The van der Waals surface area contributed by atoms with Gasteiger partial charge in [0, 0.05) is 31.6 Å². The number of carbonyl (C=O) groups is 1. The Bertz CT molecular complexity index is 565. The minimum absolute atomic E-state index is 0. The second-order valence-electron chi connectivity index (χ2n) is 7.13. The predicted molar refractivity (Wildman–Crippen MR) is 110 cm³/mol. The molecule has 8 heteroatoms. The van der Waals surface area contributed by atoms with Crippen LogP contribution in [0.15, 0.2) is 24.3 Å². The Hall–Kier alpha value is -1.08. The molecule has 0 aliphatic carbocycles. The lowest BCUT2D eigenvalue weighted by Crippen LogP contribution is -2.52. The zero-order valence-corrected chi connectivity index (χ0v) is 17.3. The summed E-state index contributed by atoms with van der Waals surface area (Å²) < 4.78 is 18.5. The van der Waals surface area contributed by atoms with Crippen molar-refractivity contribution in [2.75, 3.05) is 39.3 Å². The van der Waals surface area contributed by atoms with Crippen LogP contribution in [-0.2, 0) is 4.79 Å². The van der Waals surface area contributed by atoms with Crippen LogP contribution in [0.4, 0.5) is 4.39 Å². The molecule has 0 radical (unpaired) electrons. The molecular weight excluding hydrogens is 392 g/mol. The molecule has 1 unspecified atom stereocenters. The smallest absolute Gasteiger partial charge is 0.223 e. The first-order valence-electron chi connectivity index (χ1n) is 9.23. The number of rotatable bonds is 7. The van der Waals surface area contributed by atoms with Gasteiger partial charge in [0.1, 0.15) is 18.2 Å². The molecule has 0 saturated carbocycles. The zero-order chi connectivity index (χ0) is 17.6. The van der Waals surface area contributed by atoms with Crippen LogP contribution in [0.25, 0.3) is 0 Å². The lowest BCUT2D eigenvalue weighted by molar-refractivity contribution is -0.127. The number of ether oxygens (including phenoxy) is 1. The van der Waals surface area contributed by atoms with Gasteiger partial charge in [-0.2, -0.15) is 0 Å². The van der Waals surface area contributed by atoms with Crippen LogP contribution < -0.4 is 15.4 Å². The van der Waals surface area contributed by atoms with E-state index in [9.17, 15) is 9.18 Å². The van der Waals surface area contributed by atoms with Gasteiger partial charge in [0.25, 0.3) is 0 Å². The monoisotopic (exact) mass is 421 g/mol. The van der Waals surface area contributed by atoms with Crippen molar-refractivity contribution in [3.8, 4) is 5.75 Å². The van der Waals surface area contributed by atoms with E-state index < -0.39 is 0 Å². The van der Waals surface area contributed by atoms with E-state index in [0.29, 0.717) is 18.3 Å². The summed E-state index contributed by atoms with van der Waals surface area (Å²) in [7, 11) is 0. The van der Waals surface area contributed by atoms with Crippen LogP contribution in [-0.4, -0.2) is 56.2 Å². The maximum Gasteiger partial charge on any atom is 0.223 e. The molecule has 154 valence electrons. The second-order valence-corrected chi connectivity index (χ2v) is 7.13. The second kappa shape index (κ2) is 11.7. The number of halogens is 3. The summed E-state index contributed by atoms with van der Waals surface area (Å²) in [6, 6.07) is 6.40. The summed E-state index contributed by atoms with van der Waals surface area (Å²) >= 11 is 0. The van der Waals surface area contributed by atoms with E-state index in [1.54, 1.807) is 12.1 Å². The van der Waals surface area contributed by atoms with Crippen molar-refractivity contribution in [1.82, 2.24) is 15.5 Å². The zero-order valence-electron chi connectivity index (χ0n) is 15.7. The van der Waals surface area contributed by atoms with Gasteiger partial charge in [-0.1, -0.05) is 6.92 Å². The van der Waals surface area contributed by atoms with E-state index in [2.05, 4.69) is 15.5 Å². The standard InChI is InChI=1S/C19H28FN3O2.2ClH/c1-14(15-12-21-13-15)19(24)22-17-6-8-23(9-7-17)10-11-25-18-4-2-16(20)3-5-18;;/h2-5,14-15,17,21H,6-13H2,1H3,(H,22,24);2*1H. The highest BCUT2D eigenvalue weighted by Gasteiger charge is 2.30. The number of benzene rings is 1. The summed E-state index contributed by atoms with van der Waals surface area (Å²) in [6.45, 7) is 7.33. The van der Waals surface area contributed by atoms with Crippen LogP contribution in [0.1, 0.15) is 19.8 Å². The highest BCUT2D eigenvalue weighted by molar-refractivity contribution is 5.85. The Morgan fingerprint density at radius 2 is 1.89 bits per heavy atom. The Morgan fingerprint density at radius 3 is 2.44 bits per heavy atom. The van der Waals surface area contributed by atoms with Crippen LogP contribution in [0.2, 0.25) is 0 Å². The molecule has 2 aliphatic heterocycles. The van der Waals surface area contributed by atoms with E-state index in [0.717, 1.165) is 45.6 Å². The molecule has 1 atom stereocenters. The molecule has 0 spiro atoms. The number of piperidine rings is 1. The van der Waals surface area contributed by atoms with Gasteiger partial charge in [-0.25, -0.2) is 4.39 Å². The van der Waals surface area contributed by atoms with Crippen molar-refractivity contribution >= 4 is 30.7 Å². The van der Waals surface area contributed by atoms with Gasteiger partial charge in [0.2, 0.25) is 5.91 Å². The lowest BCUT2D eigenvalue weighted by Gasteiger charge is -2.35. The summed E-state index contributed by atoms with van der Waals surface area (Å²) in [4.78, 5) is 14.6. The van der Waals surface area contributed by atoms with E-state index in [1.807, 2.05) is 6.92 Å². The van der Waals surface area contributed by atoms with Crippen LogP contribution >= 0.6 is 24.8 Å². The molecule has 2 heterocycles. The van der Waals surface area contributed by atoms with Crippen molar-refractivity contribution in [1.29, 1.82) is 0 Å². The third kappa shape index (κ3) is 7.11. The molecule has 0 aromatic heterocycles. The Morgan fingerprint density at radius 1 is 1.26 bits per heavy atom. The quantitative estimate of drug-likeness (QED) is 0.709. The predicted octanol–water partition coefficient (Wildman–Crippen LogP) is 2.48. The molecular formula is C19H30Cl2FN3O2. The third-order valence-electron chi connectivity index (χ3n) is 5.36. The minimum atomic E-state index is -0.251. The highest BCUT2D eigenvalue weighted by Crippen LogP contribution is 2.18. The molecule has 2 saturated heterocycles. The number of nitrogens with one attached hydrogen (secondary N) is 2. The first kappa shape index (κ1) is 24.0. The summed E-state index contributed by atoms with van der Waals surface area (Å²) in [5.41, 5.74) is 0. The van der Waals surface area contributed by atoms with Gasteiger partial charge in [0.15, 0.2) is 0 Å². The fourth-order valence-electron chi connectivity index (χ4n) is 3.34. The maximum absolute atomic E-state index is 12.8. The Labute approximate surface area is 173 Å². The molecule has 1 aromatic rings. The average Bonchev–Trinajstić information content (AvgIpc) is 2.56. The van der Waals surface area contributed by atoms with Crippen molar-refractivity contribution < 1.29 is 13.9 Å². The van der Waals surface area contributed by atoms with Crippen molar-refractivity contribution in [2.24, 2.45) is 11.8 Å². The number of carbonyl (C=O) groups excluding carboxylic acids is 1. The summed E-state index contributed by atoms with van der Waals surface area (Å²) in [5, 5.41) is 6.44. The maximum atomic E-state index is 12.8. The van der Waals surface area contributed by atoms with Gasteiger partial charge >= 0.3 is 0 Å². The van der Waals surface area contributed by atoms with Gasteiger partial charge in [-0.15, -0.1) is 24.8 Å². The third-order valence-corrected chi connectivity index (χ3v) is 5.36. The molecule has 3 rings (SSSR count). The van der Waals surface area contributed by atoms with Crippen molar-refractivity contribution in [2.45, 2.75) is 25.8 Å². The number of hydrogen-bond donors (Lipinski definition) is 2. The fraction of sp³-hybridized carbons (Fsp3) is 0.632. The molecule has 1 aromatic carbocycles. The molecule has 5 nitrogen and oxygen atoms in total. The molecule has 2 fully saturated rings. The normalized spacial score (nSPS) is 19.2. The molecule has 2 N–H and O–H groups in total. The Balaban J connectivity index is 0.00000182. The topological polar surface area (TPSA) is 53.6 Å². The largest absolute Gasteiger partial charge is 0.492 e. The van der Waals surface area contributed by atoms with Crippen molar-refractivity contribution in [3.05, 3.63) is 30.1 Å². The molecule has 0 bridgehead atoms. The van der Waals surface area contributed by atoms with Crippen LogP contribution in [0.3, 0.4) is 0 Å². The first-order valence-corrected chi connectivity index (χ1v) is 9.23. The summed E-state index contributed by atoms with van der Waals surface area (Å²) in [6.07, 6.45) is 1.97. The summed E-state index contributed by atoms with van der Waals surface area (Å²) in [5.74, 6) is 1.24. The van der Waals surface area contributed by atoms with Crippen molar-refractivity contribution in [3.63, 3.8) is 0 Å². The van der Waals surface area contributed by atoms with Gasteiger partial charge in [0.05, 0.1) is 0 Å². The fourth-order valence-corrected chi connectivity index (χ4v) is 3.34. The van der Waals surface area contributed by atoms with Crippen LogP contribution in [0.5, 0.6) is 5.75 Å². The van der Waals surface area contributed by atoms with E-state index >= 15 is 0 Å². The number of likely N-dealkylation sites (tertiary alicyclic amines) is 1. The van der Waals surface area contributed by atoms with Gasteiger partial charge in [-0.05, 0) is 56.1 Å². The first-order chi connectivity index (χ1) is 12.1. The minimum Gasteiger partial charge on any atom is -0.492 e. The number of amides is 1. The Kier molecular flexibility index (Phi) is 10.4. The van der Waals surface area contributed by atoms with Gasteiger partial charge < -0.3 is 15.4 Å². The van der Waals surface area contributed by atoms with E-state index in [-0.39, 0.29) is 48.5 Å². The van der Waals surface area contributed by atoms with E-state index in [1.165, 1.54) is 12.1 Å². The highest BCUT2D eigenvalue weighted by atomic mass is 35.5. The SMILES string of the molecule is CC(C(=O)NC1CCN(CCOc2ccc(F)cc2)CC1)C1CNC1.Cl.Cl. The lowest BCUT2D eigenvalue weighted by atomic mass is 9.88. The van der Waals surface area contributed by atoms with Crippen LogP contribution in [0, 0.1) is 17.7 Å². The molecule has 27 heavy (non-hydrogen) atoms. The number of hydrogen-bond acceptors (Lipinski definition) is 4. The number of nitrogens with zero attached hydrogens (tertiary/aromatic N) is 1. The molecule has 2 aliphatic rings. The van der Waals surface area contributed by atoms with E-state index in [4.69, 9.17) is 4.74 Å². The average molecular weight is 422 g/mol. The van der Waals surface area contributed by atoms with Gasteiger partial charge in [-0.3, -0.25) is 9.69 Å². The molecule has 1 amide bonds.